The lowest BCUT2D eigenvalue weighted by molar-refractivity contribution is -0.0746. The van der Waals surface area contributed by atoms with Gasteiger partial charge < -0.3 is 10.1 Å². The monoisotopic (exact) mass is 504 g/mol. The lowest BCUT2D eigenvalue weighted by Crippen LogP contribution is -2.50. The number of rotatable bonds is 2. The molecule has 0 bridgehead atoms. The standard InChI is InChI=1S/C29H48N2O3S/c1-17-12-26-27(30-16-17)19(3)29(34-26)11-9-22-23-7-6-20-13-21(31-35(5,32)33)8-10-28(20,4)25(23)14-24(22)18(2)15-29/h17,19-23,25-27,30-31H,6-16H2,1-5H3/t17-,19-,20-,21+,22-,23+,25-,26-,27-,28+,29+/m1/s1. The Morgan fingerprint density at radius 2 is 1.89 bits per heavy atom. The van der Waals surface area contributed by atoms with E-state index < -0.39 is 10.0 Å². The first-order valence-corrected chi connectivity index (χ1v) is 16.5. The summed E-state index contributed by atoms with van der Waals surface area (Å²) in [5.74, 6) is 4.28. The predicted octanol–water partition coefficient (Wildman–Crippen LogP) is 5.03. The first-order valence-electron chi connectivity index (χ1n) is 14.6. The second kappa shape index (κ2) is 8.54. The smallest absolute Gasteiger partial charge is 0.208 e. The number of piperidine rings is 1. The van der Waals surface area contributed by atoms with Crippen LogP contribution in [0.15, 0.2) is 11.1 Å². The van der Waals surface area contributed by atoms with E-state index in [2.05, 4.69) is 37.7 Å². The van der Waals surface area contributed by atoms with Crippen LogP contribution in [0.1, 0.15) is 91.9 Å². The molecule has 6 heteroatoms. The molecule has 11 atom stereocenters. The fraction of sp³-hybridized carbons (Fsp3) is 0.931. The van der Waals surface area contributed by atoms with Crippen molar-refractivity contribution in [1.29, 1.82) is 0 Å². The Morgan fingerprint density at radius 1 is 1.09 bits per heavy atom. The minimum absolute atomic E-state index is 0.0276. The normalized spacial score (nSPS) is 52.0. The summed E-state index contributed by atoms with van der Waals surface area (Å²) in [7, 11) is -3.13. The first kappa shape index (κ1) is 24.9. The van der Waals surface area contributed by atoms with Gasteiger partial charge in [0.1, 0.15) is 0 Å². The van der Waals surface area contributed by atoms with Crippen LogP contribution in [-0.4, -0.2) is 45.0 Å². The number of sulfonamides is 1. The molecule has 2 N–H and O–H groups in total. The lowest BCUT2D eigenvalue weighted by atomic mass is 9.52. The van der Waals surface area contributed by atoms with Crippen LogP contribution in [0.5, 0.6) is 0 Å². The molecule has 5 nitrogen and oxygen atoms in total. The SMILES string of the molecule is CC1=C2C[C@@H]3[C@@H](CC[C@@H]4C[C@@H](NS(C)(=O)=O)CC[C@@]43C)[C@H]2CC[C@@]2(C1)O[C@@H]1C[C@@H](C)CN[C@@H]1[C@H]2C. The Hall–Kier alpha value is -0.430. The number of ether oxygens (including phenoxy) is 1. The summed E-state index contributed by atoms with van der Waals surface area (Å²) in [5.41, 5.74) is 3.83. The molecule has 0 aromatic heterocycles. The van der Waals surface area contributed by atoms with Gasteiger partial charge in [-0.15, -0.1) is 0 Å². The summed E-state index contributed by atoms with van der Waals surface area (Å²) in [6.45, 7) is 11.0. The largest absolute Gasteiger partial charge is 0.369 e. The molecule has 1 spiro atoms. The van der Waals surface area contributed by atoms with Gasteiger partial charge in [0.25, 0.3) is 0 Å². The minimum Gasteiger partial charge on any atom is -0.369 e. The van der Waals surface area contributed by atoms with Gasteiger partial charge in [0, 0.05) is 18.0 Å². The second-order valence-corrected chi connectivity index (χ2v) is 15.8. The number of fused-ring (bicyclic) bond motifs is 6. The van der Waals surface area contributed by atoms with Gasteiger partial charge in [-0.3, -0.25) is 0 Å². The van der Waals surface area contributed by atoms with E-state index in [-0.39, 0.29) is 11.6 Å². The van der Waals surface area contributed by atoms with Gasteiger partial charge >= 0.3 is 0 Å². The van der Waals surface area contributed by atoms with E-state index in [0.717, 1.165) is 43.6 Å². The van der Waals surface area contributed by atoms with E-state index in [1.54, 1.807) is 11.1 Å². The van der Waals surface area contributed by atoms with Gasteiger partial charge in [-0.25, -0.2) is 13.1 Å². The maximum Gasteiger partial charge on any atom is 0.208 e. The third-order valence-corrected chi connectivity index (χ3v) is 12.8. The minimum atomic E-state index is -3.13. The third-order valence-electron chi connectivity index (χ3n) is 12.0. The highest BCUT2D eigenvalue weighted by Crippen LogP contribution is 2.65. The first-order chi connectivity index (χ1) is 16.5. The Labute approximate surface area is 213 Å². The number of hydrogen-bond acceptors (Lipinski definition) is 4. The van der Waals surface area contributed by atoms with Crippen molar-refractivity contribution >= 4 is 10.0 Å². The fourth-order valence-corrected chi connectivity index (χ4v) is 11.1. The highest BCUT2D eigenvalue weighted by Gasteiger charge is 2.59. The van der Waals surface area contributed by atoms with Crippen molar-refractivity contribution < 1.29 is 13.2 Å². The van der Waals surface area contributed by atoms with Crippen LogP contribution < -0.4 is 10.0 Å². The molecule has 2 saturated heterocycles. The van der Waals surface area contributed by atoms with Crippen LogP contribution in [-0.2, 0) is 14.8 Å². The zero-order valence-electron chi connectivity index (χ0n) is 22.6. The number of hydrogen-bond donors (Lipinski definition) is 2. The maximum atomic E-state index is 11.9. The van der Waals surface area contributed by atoms with Crippen molar-refractivity contribution in [1.82, 2.24) is 10.0 Å². The lowest BCUT2D eigenvalue weighted by Gasteiger charge is -2.54. The Bertz CT molecular complexity index is 994. The summed E-state index contributed by atoms with van der Waals surface area (Å²) in [6.07, 6.45) is 13.6. The van der Waals surface area contributed by atoms with Crippen LogP contribution in [0.4, 0.5) is 0 Å². The molecule has 0 aromatic carbocycles. The van der Waals surface area contributed by atoms with Crippen molar-refractivity contribution in [2.45, 2.75) is 116 Å². The van der Waals surface area contributed by atoms with Gasteiger partial charge in [0.05, 0.1) is 18.0 Å². The predicted molar refractivity (Wildman–Crippen MR) is 140 cm³/mol. The van der Waals surface area contributed by atoms with Crippen LogP contribution in [0, 0.1) is 40.9 Å². The van der Waals surface area contributed by atoms with Gasteiger partial charge in [0.15, 0.2) is 0 Å². The summed E-state index contributed by atoms with van der Waals surface area (Å²) >= 11 is 0. The molecular formula is C29H48N2O3S. The van der Waals surface area contributed by atoms with Crippen LogP contribution in [0.2, 0.25) is 0 Å². The summed E-state index contributed by atoms with van der Waals surface area (Å²) in [4.78, 5) is 0. The molecule has 4 aliphatic carbocycles. The molecule has 5 fully saturated rings. The molecule has 6 aliphatic rings. The van der Waals surface area contributed by atoms with E-state index >= 15 is 0 Å². The van der Waals surface area contributed by atoms with Crippen molar-refractivity contribution in [2.75, 3.05) is 12.8 Å². The average Bonchev–Trinajstić information content (AvgIpc) is 3.23. The Morgan fingerprint density at radius 3 is 2.66 bits per heavy atom. The average molecular weight is 505 g/mol. The third kappa shape index (κ3) is 4.08. The van der Waals surface area contributed by atoms with E-state index in [9.17, 15) is 8.42 Å². The van der Waals surface area contributed by atoms with E-state index in [4.69, 9.17) is 4.74 Å². The quantitative estimate of drug-likeness (QED) is 0.518. The number of nitrogens with one attached hydrogen (secondary N) is 2. The number of allylic oxidation sites excluding steroid dienone is 1. The molecule has 0 amide bonds. The van der Waals surface area contributed by atoms with Crippen molar-refractivity contribution in [3.63, 3.8) is 0 Å². The molecule has 35 heavy (non-hydrogen) atoms. The maximum absolute atomic E-state index is 11.9. The van der Waals surface area contributed by atoms with Gasteiger partial charge in [0.2, 0.25) is 10.0 Å². The van der Waals surface area contributed by atoms with Gasteiger partial charge in [-0.05, 0) is 113 Å². The molecule has 2 heterocycles. The summed E-state index contributed by atoms with van der Waals surface area (Å²) in [6, 6.07) is 0.660. The summed E-state index contributed by atoms with van der Waals surface area (Å²) < 4.78 is 33.7. The molecule has 2 aliphatic heterocycles. The van der Waals surface area contributed by atoms with E-state index in [0.29, 0.717) is 35.3 Å². The highest BCUT2D eigenvalue weighted by molar-refractivity contribution is 7.88. The molecule has 0 unspecified atom stereocenters. The molecule has 0 radical (unpaired) electrons. The highest BCUT2D eigenvalue weighted by atomic mass is 32.2. The van der Waals surface area contributed by atoms with E-state index in [1.165, 1.54) is 51.2 Å². The zero-order valence-corrected chi connectivity index (χ0v) is 23.4. The molecule has 3 saturated carbocycles. The van der Waals surface area contributed by atoms with Crippen molar-refractivity contribution in [2.24, 2.45) is 40.9 Å². The molecule has 6 rings (SSSR count). The zero-order chi connectivity index (χ0) is 24.8. The van der Waals surface area contributed by atoms with Crippen molar-refractivity contribution in [3.05, 3.63) is 11.1 Å². The van der Waals surface area contributed by atoms with Crippen LogP contribution >= 0.6 is 0 Å². The Balaban J connectivity index is 1.22. The topological polar surface area (TPSA) is 67.4 Å². The Kier molecular flexibility index (Phi) is 6.07. The fourth-order valence-electron chi connectivity index (χ4n) is 10.2. The molecule has 0 aromatic rings. The van der Waals surface area contributed by atoms with Crippen molar-refractivity contribution in [3.8, 4) is 0 Å². The summed E-state index contributed by atoms with van der Waals surface area (Å²) in [5, 5.41) is 3.85. The molecular weight excluding hydrogens is 456 g/mol. The van der Waals surface area contributed by atoms with Gasteiger partial charge in [-0.1, -0.05) is 31.9 Å². The second-order valence-electron chi connectivity index (χ2n) is 14.0. The van der Waals surface area contributed by atoms with Gasteiger partial charge in [-0.2, -0.15) is 0 Å². The molecule has 198 valence electrons. The van der Waals surface area contributed by atoms with E-state index in [1.807, 2.05) is 0 Å². The van der Waals surface area contributed by atoms with Crippen LogP contribution in [0.25, 0.3) is 0 Å². The van der Waals surface area contributed by atoms with Crippen LogP contribution in [0.3, 0.4) is 0 Å².